The summed E-state index contributed by atoms with van der Waals surface area (Å²) in [4.78, 5) is 27.2. The van der Waals surface area contributed by atoms with Crippen molar-refractivity contribution in [3.8, 4) is 0 Å². The van der Waals surface area contributed by atoms with Crippen LogP contribution < -0.4 is 16.4 Å². The van der Waals surface area contributed by atoms with Crippen molar-refractivity contribution in [3.05, 3.63) is 48.7 Å². The summed E-state index contributed by atoms with van der Waals surface area (Å²) in [5, 5.41) is 5.74. The molecule has 4 N–H and O–H groups in total. The van der Waals surface area contributed by atoms with Gasteiger partial charge in [-0.1, -0.05) is 23.9 Å². The minimum Gasteiger partial charge on any atom is -0.351 e. The second-order valence-electron chi connectivity index (χ2n) is 4.49. The molecule has 7 heteroatoms. The van der Waals surface area contributed by atoms with Crippen LogP contribution in [-0.2, 0) is 4.79 Å². The molecule has 22 heavy (non-hydrogen) atoms. The molecular formula is C15H16N4O2S. The van der Waals surface area contributed by atoms with E-state index in [0.717, 1.165) is 5.03 Å². The van der Waals surface area contributed by atoms with Crippen molar-refractivity contribution in [1.29, 1.82) is 0 Å². The van der Waals surface area contributed by atoms with Gasteiger partial charge in [-0.2, -0.15) is 0 Å². The number of pyridine rings is 1. The topological polar surface area (TPSA) is 97.1 Å². The van der Waals surface area contributed by atoms with Gasteiger partial charge in [-0.3, -0.25) is 4.79 Å². The monoisotopic (exact) mass is 316 g/mol. The largest absolute Gasteiger partial charge is 0.351 e. The molecule has 1 aromatic heterocycles. The number of nitrogens with zero attached hydrogens (tertiary/aromatic N) is 1. The number of thioether (sulfide) groups is 1. The van der Waals surface area contributed by atoms with Gasteiger partial charge in [-0.15, -0.1) is 0 Å². The summed E-state index contributed by atoms with van der Waals surface area (Å²) in [6.45, 7) is 1.81. The van der Waals surface area contributed by atoms with Crippen LogP contribution in [0.1, 0.15) is 6.92 Å². The Morgan fingerprint density at radius 2 is 1.86 bits per heavy atom. The zero-order valence-corrected chi connectivity index (χ0v) is 12.8. The smallest absolute Gasteiger partial charge is 0.316 e. The van der Waals surface area contributed by atoms with E-state index in [-0.39, 0.29) is 11.2 Å². The minimum absolute atomic E-state index is 0.146. The highest BCUT2D eigenvalue weighted by Crippen LogP contribution is 2.22. The lowest BCUT2D eigenvalue weighted by Crippen LogP contribution is -2.23. The van der Waals surface area contributed by atoms with E-state index < -0.39 is 6.03 Å². The van der Waals surface area contributed by atoms with Gasteiger partial charge in [0.2, 0.25) is 5.91 Å². The van der Waals surface area contributed by atoms with Crippen LogP contribution in [0.25, 0.3) is 0 Å². The molecule has 0 saturated heterocycles. The van der Waals surface area contributed by atoms with Gasteiger partial charge in [0.15, 0.2) is 0 Å². The lowest BCUT2D eigenvalue weighted by molar-refractivity contribution is -0.115. The molecule has 0 fully saturated rings. The number of urea groups is 1. The molecule has 2 rings (SSSR count). The molecule has 0 saturated carbocycles. The van der Waals surface area contributed by atoms with Crippen molar-refractivity contribution in [2.24, 2.45) is 5.73 Å². The number of nitrogens with one attached hydrogen (secondary N) is 2. The molecule has 6 nitrogen and oxygen atoms in total. The maximum Gasteiger partial charge on any atom is 0.316 e. The molecule has 0 unspecified atom stereocenters. The SMILES string of the molecule is C[C@H](Sc1ccccn1)C(=O)Nc1cccc(NC(N)=O)c1. The number of nitrogens with two attached hydrogens (primary N) is 1. The van der Waals surface area contributed by atoms with E-state index in [1.54, 1.807) is 37.4 Å². The zero-order chi connectivity index (χ0) is 15.9. The Labute approximate surface area is 132 Å². The van der Waals surface area contributed by atoms with Crippen molar-refractivity contribution in [3.63, 3.8) is 0 Å². The summed E-state index contributed by atoms with van der Waals surface area (Å²) >= 11 is 1.37. The molecule has 0 spiro atoms. The van der Waals surface area contributed by atoms with E-state index in [0.29, 0.717) is 11.4 Å². The van der Waals surface area contributed by atoms with Crippen molar-refractivity contribution in [2.75, 3.05) is 10.6 Å². The van der Waals surface area contributed by atoms with E-state index in [4.69, 9.17) is 5.73 Å². The molecule has 0 radical (unpaired) electrons. The second-order valence-corrected chi connectivity index (χ2v) is 5.85. The number of aromatic nitrogens is 1. The molecule has 1 aromatic carbocycles. The van der Waals surface area contributed by atoms with Crippen molar-refractivity contribution in [1.82, 2.24) is 4.98 Å². The van der Waals surface area contributed by atoms with Gasteiger partial charge < -0.3 is 16.4 Å². The number of hydrogen-bond donors (Lipinski definition) is 3. The molecule has 0 aliphatic carbocycles. The Bertz CT molecular complexity index is 664. The third kappa shape index (κ3) is 4.78. The summed E-state index contributed by atoms with van der Waals surface area (Å²) in [6.07, 6.45) is 1.69. The number of hydrogen-bond acceptors (Lipinski definition) is 4. The molecular weight excluding hydrogens is 300 g/mol. The van der Waals surface area contributed by atoms with Crippen LogP contribution >= 0.6 is 11.8 Å². The Morgan fingerprint density at radius 1 is 1.14 bits per heavy atom. The average Bonchev–Trinajstić information content (AvgIpc) is 2.48. The van der Waals surface area contributed by atoms with Crippen molar-refractivity contribution in [2.45, 2.75) is 17.2 Å². The lowest BCUT2D eigenvalue weighted by Gasteiger charge is -2.12. The Balaban J connectivity index is 1.97. The van der Waals surface area contributed by atoms with Crippen molar-refractivity contribution < 1.29 is 9.59 Å². The standard InChI is InChI=1S/C15H16N4O2S/c1-10(22-13-7-2-3-8-17-13)14(20)18-11-5-4-6-12(9-11)19-15(16)21/h2-10H,1H3,(H,18,20)(H3,16,19,21)/t10-/m0/s1. The van der Waals surface area contributed by atoms with Gasteiger partial charge in [0.05, 0.1) is 10.3 Å². The van der Waals surface area contributed by atoms with Crippen LogP contribution in [0.3, 0.4) is 0 Å². The van der Waals surface area contributed by atoms with Crippen LogP contribution in [0, 0.1) is 0 Å². The summed E-state index contributed by atoms with van der Waals surface area (Å²) < 4.78 is 0. The summed E-state index contributed by atoms with van der Waals surface area (Å²) in [6, 6.07) is 11.7. The molecule has 0 aliphatic rings. The van der Waals surface area contributed by atoms with E-state index >= 15 is 0 Å². The molecule has 1 atom stereocenters. The summed E-state index contributed by atoms with van der Waals surface area (Å²) in [7, 11) is 0. The normalized spacial score (nSPS) is 11.5. The van der Waals surface area contributed by atoms with Gasteiger partial charge in [0, 0.05) is 17.6 Å². The fraction of sp³-hybridized carbons (Fsp3) is 0.133. The number of rotatable bonds is 5. The van der Waals surface area contributed by atoms with Gasteiger partial charge in [0.1, 0.15) is 0 Å². The highest BCUT2D eigenvalue weighted by atomic mass is 32.2. The first-order valence-electron chi connectivity index (χ1n) is 6.59. The number of amides is 3. The predicted molar refractivity (Wildman–Crippen MR) is 87.8 cm³/mol. The third-order valence-electron chi connectivity index (χ3n) is 2.70. The highest BCUT2D eigenvalue weighted by Gasteiger charge is 2.15. The fourth-order valence-electron chi connectivity index (χ4n) is 1.71. The fourth-order valence-corrected chi connectivity index (χ4v) is 2.52. The quantitative estimate of drug-likeness (QED) is 0.739. The Kier molecular flexibility index (Phi) is 5.37. The molecule has 0 bridgehead atoms. The molecule has 114 valence electrons. The maximum absolute atomic E-state index is 12.2. The Hall–Kier alpha value is -2.54. The number of carbonyl (C=O) groups is 2. The predicted octanol–water partition coefficient (Wildman–Crippen LogP) is 2.69. The second kappa shape index (κ2) is 7.46. The summed E-state index contributed by atoms with van der Waals surface area (Å²) in [5.41, 5.74) is 6.17. The van der Waals surface area contributed by atoms with Gasteiger partial charge >= 0.3 is 6.03 Å². The third-order valence-corrected chi connectivity index (χ3v) is 3.75. The van der Waals surface area contributed by atoms with Crippen LogP contribution in [0.4, 0.5) is 16.2 Å². The highest BCUT2D eigenvalue weighted by molar-refractivity contribution is 8.00. The van der Waals surface area contributed by atoms with E-state index in [1.807, 2.05) is 18.2 Å². The van der Waals surface area contributed by atoms with Crippen LogP contribution in [0.2, 0.25) is 0 Å². The van der Waals surface area contributed by atoms with E-state index in [9.17, 15) is 9.59 Å². The summed E-state index contributed by atoms with van der Waals surface area (Å²) in [5.74, 6) is -0.146. The number of anilines is 2. The zero-order valence-electron chi connectivity index (χ0n) is 11.9. The number of primary amides is 1. The number of carbonyl (C=O) groups excluding carboxylic acids is 2. The van der Waals surface area contributed by atoms with E-state index in [1.165, 1.54) is 11.8 Å². The maximum atomic E-state index is 12.2. The van der Waals surface area contributed by atoms with Crippen LogP contribution in [-0.4, -0.2) is 22.2 Å². The Morgan fingerprint density at radius 3 is 2.50 bits per heavy atom. The van der Waals surface area contributed by atoms with Crippen LogP contribution in [0.5, 0.6) is 0 Å². The molecule has 3 amide bonds. The first kappa shape index (κ1) is 15.8. The van der Waals surface area contributed by atoms with E-state index in [2.05, 4.69) is 15.6 Å². The minimum atomic E-state index is -0.650. The molecule has 1 heterocycles. The van der Waals surface area contributed by atoms with Crippen molar-refractivity contribution >= 4 is 35.1 Å². The van der Waals surface area contributed by atoms with Gasteiger partial charge in [-0.05, 0) is 37.3 Å². The van der Waals surface area contributed by atoms with Gasteiger partial charge in [-0.25, -0.2) is 9.78 Å². The first-order valence-corrected chi connectivity index (χ1v) is 7.47. The van der Waals surface area contributed by atoms with Gasteiger partial charge in [0.25, 0.3) is 0 Å². The molecule has 0 aliphatic heterocycles. The molecule has 2 aromatic rings. The van der Waals surface area contributed by atoms with Crippen LogP contribution in [0.15, 0.2) is 53.7 Å². The average molecular weight is 316 g/mol. The number of benzene rings is 1. The lowest BCUT2D eigenvalue weighted by atomic mass is 10.2. The first-order chi connectivity index (χ1) is 10.5.